The summed E-state index contributed by atoms with van der Waals surface area (Å²) in [5, 5.41) is 5.03. The predicted molar refractivity (Wildman–Crippen MR) is 107 cm³/mol. The third kappa shape index (κ3) is 3.05. The highest BCUT2D eigenvalue weighted by Gasteiger charge is 2.21. The van der Waals surface area contributed by atoms with Crippen molar-refractivity contribution in [1.29, 1.82) is 0 Å². The maximum absolute atomic E-state index is 12.5. The first kappa shape index (κ1) is 16.3. The zero-order chi connectivity index (χ0) is 17.9. The maximum Gasteiger partial charge on any atom is 0.262 e. The molecule has 1 heterocycles. The number of thioether (sulfide) groups is 1. The molecular weight excluding hydrogens is 342 g/mol. The van der Waals surface area contributed by atoms with E-state index in [1.54, 1.807) is 0 Å². The molecule has 0 aliphatic carbocycles. The van der Waals surface area contributed by atoms with Gasteiger partial charge in [-0.3, -0.25) is 4.79 Å². The summed E-state index contributed by atoms with van der Waals surface area (Å²) in [6, 6.07) is 19.7. The zero-order valence-corrected chi connectivity index (χ0v) is 14.7. The van der Waals surface area contributed by atoms with Crippen molar-refractivity contribution in [2.45, 2.75) is 4.90 Å². The fourth-order valence-electron chi connectivity index (χ4n) is 2.90. The van der Waals surface area contributed by atoms with Gasteiger partial charge in [-0.25, -0.2) is 0 Å². The summed E-state index contributed by atoms with van der Waals surface area (Å²) in [6.07, 6.45) is 7.22. The molecule has 1 N–H and O–H groups in total. The van der Waals surface area contributed by atoms with Gasteiger partial charge in [0.15, 0.2) is 0 Å². The molecule has 4 heteroatoms. The topological polar surface area (TPSA) is 38.3 Å². The molecule has 0 radical (unpaired) electrons. The van der Waals surface area contributed by atoms with Gasteiger partial charge in [-0.05, 0) is 35.0 Å². The van der Waals surface area contributed by atoms with Crippen molar-refractivity contribution in [2.75, 3.05) is 11.9 Å². The Labute approximate surface area is 156 Å². The molecule has 1 aliphatic rings. The lowest BCUT2D eigenvalue weighted by molar-refractivity contribution is -0.112. The number of amides is 1. The monoisotopic (exact) mass is 357 g/mol. The average Bonchev–Trinajstić information content (AvgIpc) is 2.67. The van der Waals surface area contributed by atoms with E-state index in [1.807, 2.05) is 66.7 Å². The number of hydrogen-bond acceptors (Lipinski definition) is 3. The first-order valence-corrected chi connectivity index (χ1v) is 8.96. The first-order chi connectivity index (χ1) is 12.8. The Bertz CT molecular complexity index is 1080. The molecule has 0 atom stereocenters. The second kappa shape index (κ2) is 6.99. The molecule has 0 aromatic heterocycles. The Morgan fingerprint density at radius 1 is 1.08 bits per heavy atom. The van der Waals surface area contributed by atoms with Crippen molar-refractivity contribution in [3.63, 3.8) is 0 Å². The van der Waals surface area contributed by atoms with Crippen molar-refractivity contribution in [3.05, 3.63) is 71.1 Å². The normalized spacial score (nSPS) is 14.6. The minimum absolute atomic E-state index is 0.121. The number of benzene rings is 3. The number of para-hydroxylation sites is 1. The lowest BCUT2D eigenvalue weighted by atomic mass is 10.0. The number of hydrogen-bond donors (Lipinski definition) is 1. The highest BCUT2D eigenvalue weighted by Crippen LogP contribution is 2.40. The van der Waals surface area contributed by atoms with Gasteiger partial charge < -0.3 is 10.1 Å². The van der Waals surface area contributed by atoms with Crippen LogP contribution in [0.2, 0.25) is 0 Å². The molecule has 26 heavy (non-hydrogen) atoms. The Kier molecular flexibility index (Phi) is 4.39. The molecule has 3 nitrogen and oxygen atoms in total. The number of anilines is 1. The van der Waals surface area contributed by atoms with Crippen molar-refractivity contribution in [1.82, 2.24) is 0 Å². The van der Waals surface area contributed by atoms with Crippen LogP contribution in [0.3, 0.4) is 0 Å². The molecule has 0 saturated heterocycles. The smallest absolute Gasteiger partial charge is 0.262 e. The van der Waals surface area contributed by atoms with E-state index in [4.69, 9.17) is 11.2 Å². The minimum atomic E-state index is -0.121. The summed E-state index contributed by atoms with van der Waals surface area (Å²) in [7, 11) is 0. The van der Waals surface area contributed by atoms with Crippen LogP contribution in [0.4, 0.5) is 5.69 Å². The summed E-state index contributed by atoms with van der Waals surface area (Å²) in [6.45, 7) is 0.177. The summed E-state index contributed by atoms with van der Waals surface area (Å²) in [4.78, 5) is 14.2. The number of fused-ring (bicyclic) bond motifs is 2. The van der Waals surface area contributed by atoms with Crippen LogP contribution >= 0.6 is 11.8 Å². The number of terminal acetylenes is 1. The molecule has 0 unspecified atom stereocenters. The quantitative estimate of drug-likeness (QED) is 0.533. The molecule has 126 valence electrons. The number of nitrogens with one attached hydrogen (secondary N) is 1. The van der Waals surface area contributed by atoms with Crippen molar-refractivity contribution in [2.24, 2.45) is 0 Å². The number of carbonyl (C=O) groups excluding carboxylic acids is 1. The van der Waals surface area contributed by atoms with Gasteiger partial charge >= 0.3 is 0 Å². The fraction of sp³-hybridized carbons (Fsp3) is 0.0455. The highest BCUT2D eigenvalue weighted by molar-refractivity contribution is 8.04. The molecular formula is C22H15NO2S. The zero-order valence-electron chi connectivity index (χ0n) is 13.9. The number of carbonyl (C=O) groups is 1. The highest BCUT2D eigenvalue weighted by atomic mass is 32.2. The van der Waals surface area contributed by atoms with E-state index < -0.39 is 0 Å². The van der Waals surface area contributed by atoms with Crippen LogP contribution in [0.1, 0.15) is 5.56 Å². The summed E-state index contributed by atoms with van der Waals surface area (Å²) < 4.78 is 5.72. The predicted octanol–water partition coefficient (Wildman–Crippen LogP) is 4.94. The van der Waals surface area contributed by atoms with Gasteiger partial charge in [0.1, 0.15) is 12.4 Å². The van der Waals surface area contributed by atoms with Crippen molar-refractivity contribution in [3.8, 4) is 18.1 Å². The second-order valence-corrected chi connectivity index (χ2v) is 6.84. The van der Waals surface area contributed by atoms with E-state index in [2.05, 4.69) is 11.2 Å². The second-order valence-electron chi connectivity index (χ2n) is 5.75. The van der Waals surface area contributed by atoms with Crippen molar-refractivity contribution < 1.29 is 9.53 Å². The maximum atomic E-state index is 12.5. The first-order valence-electron chi connectivity index (χ1n) is 8.14. The summed E-state index contributed by atoms with van der Waals surface area (Å²) in [5.74, 6) is 3.04. The van der Waals surface area contributed by atoms with Crippen molar-refractivity contribution >= 4 is 40.2 Å². The minimum Gasteiger partial charge on any atom is -0.480 e. The molecule has 3 aromatic rings. The van der Waals surface area contributed by atoms with Crippen LogP contribution in [0, 0.1) is 12.3 Å². The number of ether oxygens (including phenoxy) is 1. The Hall–Kier alpha value is -3.16. The van der Waals surface area contributed by atoms with Crippen LogP contribution in [0.15, 0.2) is 70.5 Å². The van der Waals surface area contributed by atoms with Crippen LogP contribution in [0.25, 0.3) is 16.8 Å². The molecule has 1 amide bonds. The van der Waals surface area contributed by atoms with Crippen LogP contribution in [0.5, 0.6) is 5.75 Å². The van der Waals surface area contributed by atoms with Gasteiger partial charge in [-0.2, -0.15) is 0 Å². The SMILES string of the molecule is C#CCOc1ccc2ccccc2c1/C=C1\Sc2ccccc2NC1=O. The number of rotatable bonds is 3. The van der Waals surface area contributed by atoms with Gasteiger partial charge in [0.05, 0.1) is 10.6 Å². The Balaban J connectivity index is 1.84. The van der Waals surface area contributed by atoms with Crippen LogP contribution < -0.4 is 10.1 Å². The molecule has 0 spiro atoms. The van der Waals surface area contributed by atoms with Crippen LogP contribution in [-0.2, 0) is 4.79 Å². The van der Waals surface area contributed by atoms with E-state index >= 15 is 0 Å². The Morgan fingerprint density at radius 2 is 1.88 bits per heavy atom. The van der Waals surface area contributed by atoms with E-state index in [0.717, 1.165) is 26.9 Å². The third-order valence-electron chi connectivity index (χ3n) is 4.10. The molecule has 0 fully saturated rings. The Morgan fingerprint density at radius 3 is 2.77 bits per heavy atom. The van der Waals surface area contributed by atoms with E-state index in [9.17, 15) is 4.79 Å². The van der Waals surface area contributed by atoms with Crippen LogP contribution in [-0.4, -0.2) is 12.5 Å². The van der Waals surface area contributed by atoms with Gasteiger partial charge in [0.25, 0.3) is 5.91 Å². The van der Waals surface area contributed by atoms with Gasteiger partial charge in [-0.15, -0.1) is 6.42 Å². The third-order valence-corrected chi connectivity index (χ3v) is 5.20. The van der Waals surface area contributed by atoms with E-state index in [-0.39, 0.29) is 12.5 Å². The fourth-order valence-corrected chi connectivity index (χ4v) is 3.84. The largest absolute Gasteiger partial charge is 0.480 e. The molecule has 4 rings (SSSR count). The molecule has 3 aromatic carbocycles. The summed E-state index contributed by atoms with van der Waals surface area (Å²) >= 11 is 1.45. The summed E-state index contributed by atoms with van der Waals surface area (Å²) in [5.41, 5.74) is 1.69. The van der Waals surface area contributed by atoms with E-state index in [1.165, 1.54) is 11.8 Å². The van der Waals surface area contributed by atoms with Gasteiger partial charge in [-0.1, -0.05) is 60.1 Å². The van der Waals surface area contributed by atoms with Gasteiger partial charge in [0, 0.05) is 10.5 Å². The lowest BCUT2D eigenvalue weighted by Gasteiger charge is -2.19. The molecule has 0 bridgehead atoms. The van der Waals surface area contributed by atoms with E-state index in [0.29, 0.717) is 10.7 Å². The standard InChI is InChI=1S/C22H15NO2S/c1-2-13-25-19-12-11-15-7-3-4-8-16(15)17(19)14-21-22(24)23-18-9-5-6-10-20(18)26-21/h1,3-12,14H,13H2,(H,23,24)/b21-14-. The molecule has 1 aliphatic heterocycles. The lowest BCUT2D eigenvalue weighted by Crippen LogP contribution is -2.17. The molecule has 0 saturated carbocycles. The average molecular weight is 357 g/mol. The van der Waals surface area contributed by atoms with Gasteiger partial charge in [0.2, 0.25) is 0 Å².